The van der Waals surface area contributed by atoms with Crippen molar-refractivity contribution in [1.29, 1.82) is 0 Å². The summed E-state index contributed by atoms with van der Waals surface area (Å²) < 4.78 is 44.6. The third-order valence-electron chi connectivity index (χ3n) is 1.98. The summed E-state index contributed by atoms with van der Waals surface area (Å²) in [5.74, 6) is 0.352. The van der Waals surface area contributed by atoms with E-state index in [4.69, 9.17) is 10.3 Å². The summed E-state index contributed by atoms with van der Waals surface area (Å²) in [5.41, 5.74) is 5.73. The molecule has 0 aliphatic heterocycles. The van der Waals surface area contributed by atoms with E-state index in [-0.39, 0.29) is 24.2 Å². The number of halogens is 3. The molecule has 98 valence electrons. The molecular formula is C9H14F3N3O2. The van der Waals surface area contributed by atoms with Gasteiger partial charge in [-0.1, -0.05) is 19.0 Å². The van der Waals surface area contributed by atoms with Gasteiger partial charge in [0.2, 0.25) is 5.89 Å². The van der Waals surface area contributed by atoms with Gasteiger partial charge in [0.25, 0.3) is 0 Å². The molecule has 0 saturated carbocycles. The summed E-state index contributed by atoms with van der Waals surface area (Å²) in [6.45, 7) is 2.05. The summed E-state index contributed by atoms with van der Waals surface area (Å²) in [6.07, 6.45) is -4.36. The molecule has 0 spiro atoms. The highest BCUT2D eigenvalue weighted by atomic mass is 19.4. The molecule has 0 aliphatic carbocycles. The van der Waals surface area contributed by atoms with Crippen molar-refractivity contribution in [2.24, 2.45) is 11.7 Å². The van der Waals surface area contributed by atoms with Gasteiger partial charge in [-0.3, -0.25) is 0 Å². The second-order valence-electron chi connectivity index (χ2n) is 3.93. The van der Waals surface area contributed by atoms with E-state index in [2.05, 4.69) is 14.9 Å². The van der Waals surface area contributed by atoms with Crippen LogP contribution in [-0.4, -0.2) is 22.9 Å². The first kappa shape index (κ1) is 13.9. The van der Waals surface area contributed by atoms with Crippen LogP contribution in [0.25, 0.3) is 0 Å². The normalized spacial score (nSPS) is 14.3. The number of nitrogens with zero attached hydrogens (tertiary/aromatic N) is 2. The van der Waals surface area contributed by atoms with E-state index in [0.717, 1.165) is 0 Å². The van der Waals surface area contributed by atoms with Crippen molar-refractivity contribution < 1.29 is 22.4 Å². The van der Waals surface area contributed by atoms with E-state index in [1.807, 2.05) is 13.8 Å². The maximum Gasteiger partial charge on any atom is 0.411 e. The Morgan fingerprint density at radius 2 is 2.06 bits per heavy atom. The largest absolute Gasteiger partial charge is 0.411 e. The number of hydrogen-bond acceptors (Lipinski definition) is 5. The van der Waals surface area contributed by atoms with E-state index in [1.165, 1.54) is 0 Å². The van der Waals surface area contributed by atoms with Crippen LogP contribution < -0.4 is 5.73 Å². The van der Waals surface area contributed by atoms with Gasteiger partial charge in [0, 0.05) is 0 Å². The average molecular weight is 253 g/mol. The zero-order valence-corrected chi connectivity index (χ0v) is 9.49. The molecular weight excluding hydrogens is 239 g/mol. The molecule has 1 unspecified atom stereocenters. The van der Waals surface area contributed by atoms with Crippen LogP contribution >= 0.6 is 0 Å². The fourth-order valence-electron chi connectivity index (χ4n) is 1.00. The molecule has 1 rings (SSSR count). The predicted molar refractivity (Wildman–Crippen MR) is 51.8 cm³/mol. The Bertz CT molecular complexity index is 352. The standard InChI is InChI=1S/C9H14F3N3O2/c1-5(2)7(13)8-14-6(15-17-8)3-16-4-9(10,11)12/h5,7H,3-4,13H2,1-2H3. The first-order chi connectivity index (χ1) is 7.79. The minimum atomic E-state index is -4.36. The molecule has 1 atom stereocenters. The van der Waals surface area contributed by atoms with Crippen molar-refractivity contribution in [3.05, 3.63) is 11.7 Å². The predicted octanol–water partition coefficient (Wildman–Crippen LogP) is 1.80. The summed E-state index contributed by atoms with van der Waals surface area (Å²) in [6, 6.07) is -0.432. The molecule has 5 nitrogen and oxygen atoms in total. The lowest BCUT2D eigenvalue weighted by molar-refractivity contribution is -0.177. The van der Waals surface area contributed by atoms with Crippen molar-refractivity contribution in [2.45, 2.75) is 32.7 Å². The molecule has 0 saturated heterocycles. The Morgan fingerprint density at radius 3 is 2.59 bits per heavy atom. The van der Waals surface area contributed by atoms with E-state index in [1.54, 1.807) is 0 Å². The number of rotatable bonds is 5. The topological polar surface area (TPSA) is 74.2 Å². The smallest absolute Gasteiger partial charge is 0.364 e. The molecule has 1 aromatic rings. The van der Waals surface area contributed by atoms with Gasteiger partial charge in [0.15, 0.2) is 5.82 Å². The Hall–Kier alpha value is -1.15. The van der Waals surface area contributed by atoms with E-state index < -0.39 is 18.8 Å². The number of aromatic nitrogens is 2. The van der Waals surface area contributed by atoms with Crippen LogP contribution in [0.2, 0.25) is 0 Å². The Labute approximate surface area is 96.1 Å². The summed E-state index contributed by atoms with van der Waals surface area (Å²) in [4.78, 5) is 3.86. The van der Waals surface area contributed by atoms with Crippen LogP contribution in [0, 0.1) is 5.92 Å². The van der Waals surface area contributed by atoms with Crippen LogP contribution in [-0.2, 0) is 11.3 Å². The maximum absolute atomic E-state index is 11.8. The summed E-state index contributed by atoms with van der Waals surface area (Å²) in [5, 5.41) is 3.48. The van der Waals surface area contributed by atoms with Crippen molar-refractivity contribution >= 4 is 0 Å². The van der Waals surface area contributed by atoms with E-state index in [0.29, 0.717) is 0 Å². The van der Waals surface area contributed by atoms with Crippen LogP contribution in [0.1, 0.15) is 31.6 Å². The number of alkyl halides is 3. The van der Waals surface area contributed by atoms with E-state index >= 15 is 0 Å². The molecule has 0 aromatic carbocycles. The first-order valence-corrected chi connectivity index (χ1v) is 5.02. The van der Waals surface area contributed by atoms with Crippen molar-refractivity contribution in [3.63, 3.8) is 0 Å². The van der Waals surface area contributed by atoms with Gasteiger partial charge in [-0.2, -0.15) is 18.2 Å². The molecule has 0 fully saturated rings. The lowest BCUT2D eigenvalue weighted by Gasteiger charge is -2.09. The van der Waals surface area contributed by atoms with Gasteiger partial charge in [-0.05, 0) is 5.92 Å². The maximum atomic E-state index is 11.8. The number of ether oxygens (including phenoxy) is 1. The average Bonchev–Trinajstić information content (AvgIpc) is 2.63. The number of hydrogen-bond donors (Lipinski definition) is 1. The van der Waals surface area contributed by atoms with E-state index in [9.17, 15) is 13.2 Å². The number of nitrogens with two attached hydrogens (primary N) is 1. The molecule has 2 N–H and O–H groups in total. The molecule has 0 bridgehead atoms. The molecule has 1 heterocycles. The molecule has 0 aliphatic rings. The fourth-order valence-corrected chi connectivity index (χ4v) is 1.00. The quantitative estimate of drug-likeness (QED) is 0.866. The highest BCUT2D eigenvalue weighted by Gasteiger charge is 2.27. The molecule has 8 heteroatoms. The molecule has 17 heavy (non-hydrogen) atoms. The second kappa shape index (κ2) is 5.46. The molecule has 1 aromatic heterocycles. The van der Waals surface area contributed by atoms with Crippen molar-refractivity contribution in [1.82, 2.24) is 10.1 Å². The van der Waals surface area contributed by atoms with Gasteiger partial charge in [0.1, 0.15) is 13.2 Å². The minimum Gasteiger partial charge on any atom is -0.364 e. The fraction of sp³-hybridized carbons (Fsp3) is 0.778. The summed E-state index contributed by atoms with van der Waals surface area (Å²) >= 11 is 0. The zero-order valence-electron chi connectivity index (χ0n) is 9.49. The molecule has 0 radical (unpaired) electrons. The van der Waals surface area contributed by atoms with Crippen LogP contribution in [0.15, 0.2) is 4.52 Å². The van der Waals surface area contributed by atoms with Gasteiger partial charge in [0.05, 0.1) is 6.04 Å². The Morgan fingerprint density at radius 1 is 1.41 bits per heavy atom. The highest BCUT2D eigenvalue weighted by molar-refractivity contribution is 4.91. The Balaban J connectivity index is 2.46. The lowest BCUT2D eigenvalue weighted by atomic mass is 10.1. The third-order valence-corrected chi connectivity index (χ3v) is 1.98. The van der Waals surface area contributed by atoms with Gasteiger partial charge in [-0.25, -0.2) is 0 Å². The van der Waals surface area contributed by atoms with Crippen LogP contribution in [0.5, 0.6) is 0 Å². The van der Waals surface area contributed by atoms with Crippen LogP contribution in [0.4, 0.5) is 13.2 Å². The third kappa shape index (κ3) is 4.70. The zero-order chi connectivity index (χ0) is 13.1. The minimum absolute atomic E-state index is 0.0559. The SMILES string of the molecule is CC(C)C(N)c1nc(COCC(F)(F)F)no1. The van der Waals surface area contributed by atoms with Crippen molar-refractivity contribution in [3.8, 4) is 0 Å². The highest BCUT2D eigenvalue weighted by Crippen LogP contribution is 2.18. The van der Waals surface area contributed by atoms with Gasteiger partial charge >= 0.3 is 6.18 Å². The lowest BCUT2D eigenvalue weighted by Crippen LogP contribution is -2.18. The van der Waals surface area contributed by atoms with Crippen LogP contribution in [0.3, 0.4) is 0 Å². The Kier molecular flexibility index (Phi) is 4.47. The van der Waals surface area contributed by atoms with Crippen molar-refractivity contribution in [2.75, 3.05) is 6.61 Å². The molecule has 0 amide bonds. The van der Waals surface area contributed by atoms with Gasteiger partial charge in [-0.15, -0.1) is 0 Å². The first-order valence-electron chi connectivity index (χ1n) is 5.02. The van der Waals surface area contributed by atoms with Gasteiger partial charge < -0.3 is 15.0 Å². The monoisotopic (exact) mass is 253 g/mol. The second-order valence-corrected chi connectivity index (χ2v) is 3.93. The summed E-state index contributed by atoms with van der Waals surface area (Å²) in [7, 11) is 0.